The first-order valence-corrected chi connectivity index (χ1v) is 15.5. The van der Waals surface area contributed by atoms with Crippen molar-refractivity contribution in [2.24, 2.45) is 0 Å². The van der Waals surface area contributed by atoms with Crippen molar-refractivity contribution in [2.75, 3.05) is 0 Å². The topological polar surface area (TPSA) is 258 Å². The minimum Gasteiger partial charge on any atom is -0.744 e. The van der Waals surface area contributed by atoms with Crippen LogP contribution in [0.1, 0.15) is 31.8 Å². The van der Waals surface area contributed by atoms with Gasteiger partial charge in [0.15, 0.2) is 17.3 Å². The Morgan fingerprint density at radius 2 is 0.857 bits per heavy atom. The van der Waals surface area contributed by atoms with Crippen LogP contribution in [0.15, 0.2) is 74.2 Å². The number of ketones is 2. The second-order valence-corrected chi connectivity index (χ2v) is 13.0. The number of carbonyl (C=O) groups excluding carboxylic acids is 2. The van der Waals surface area contributed by atoms with Gasteiger partial charge in [0.1, 0.15) is 35.2 Å². The van der Waals surface area contributed by atoms with E-state index in [0.717, 1.165) is 36.4 Å². The van der Waals surface area contributed by atoms with Gasteiger partial charge in [-0.3, -0.25) is 9.59 Å². The summed E-state index contributed by atoms with van der Waals surface area (Å²) in [4.78, 5) is 21.1. The van der Waals surface area contributed by atoms with Crippen LogP contribution in [0, 0.1) is 0 Å². The molecule has 206 valence electrons. The smallest absolute Gasteiger partial charge is 0.744 e. The number of fused-ring (bicyclic) bond motifs is 2. The van der Waals surface area contributed by atoms with Gasteiger partial charge < -0.3 is 18.5 Å². The van der Waals surface area contributed by atoms with Crippen LogP contribution in [0.2, 0.25) is 0 Å². The average Bonchev–Trinajstić information content (AvgIpc) is 2.83. The van der Waals surface area contributed by atoms with Crippen LogP contribution in [-0.2, 0) is 44.8 Å². The molecule has 0 aliphatic heterocycles. The Morgan fingerprint density at radius 3 is 1.24 bits per heavy atom. The van der Waals surface area contributed by atoms with Gasteiger partial charge in [-0.1, -0.05) is 46.8 Å². The van der Waals surface area contributed by atoms with E-state index in [9.17, 15) is 56.9 Å². The fourth-order valence-corrected chi connectivity index (χ4v) is 8.83. The SMILES string of the molecule is O=C1c2ccccc2C(=O)c2c1c(S(=O)(=O)[O-])c(S(=O)(=O)[O-])c(S(=O)(=O)OOc1ccccc1)c2S(=O)(=O)[O-].[Na+].[Na+].[Na+]. The van der Waals surface area contributed by atoms with Gasteiger partial charge in [0.05, 0.1) is 25.8 Å². The number of benzene rings is 3. The molecule has 0 heterocycles. The molecule has 0 atom stereocenters. The normalized spacial score (nSPS) is 13.0. The van der Waals surface area contributed by atoms with Crippen LogP contribution < -0.4 is 93.6 Å². The first kappa shape index (κ1) is 39.5. The summed E-state index contributed by atoms with van der Waals surface area (Å²) in [6.45, 7) is 0. The average molecular weight is 687 g/mol. The molecule has 0 unspecified atom stereocenters. The molecule has 0 aromatic heterocycles. The third kappa shape index (κ3) is 7.45. The summed E-state index contributed by atoms with van der Waals surface area (Å²) >= 11 is 0. The molecular formula is C20H9Na3O15S4. The molecule has 3 aromatic rings. The molecule has 1 aliphatic rings. The molecule has 0 saturated carbocycles. The Bertz CT molecular complexity index is 2030. The molecule has 22 heteroatoms. The zero-order valence-electron chi connectivity index (χ0n) is 21.5. The Labute approximate surface area is 305 Å². The second kappa shape index (κ2) is 13.8. The maximum absolute atomic E-state index is 13.3. The van der Waals surface area contributed by atoms with E-state index in [4.69, 9.17) is 0 Å². The summed E-state index contributed by atoms with van der Waals surface area (Å²) in [7, 11) is -25.5. The van der Waals surface area contributed by atoms with Crippen molar-refractivity contribution in [3.63, 3.8) is 0 Å². The minimum absolute atomic E-state index is 0. The third-order valence-corrected chi connectivity index (χ3v) is 9.42. The van der Waals surface area contributed by atoms with Crippen LogP contribution >= 0.6 is 0 Å². The predicted molar refractivity (Wildman–Crippen MR) is 119 cm³/mol. The fraction of sp³-hybridized carbons (Fsp3) is 0. The van der Waals surface area contributed by atoms with E-state index in [1.54, 1.807) is 0 Å². The number of para-hydroxylation sites is 1. The zero-order valence-corrected chi connectivity index (χ0v) is 30.7. The Kier molecular flexibility index (Phi) is 13.0. The van der Waals surface area contributed by atoms with Gasteiger partial charge >= 0.3 is 98.8 Å². The summed E-state index contributed by atoms with van der Waals surface area (Å²) in [6, 6.07) is 10.3. The molecule has 1 aliphatic carbocycles. The molecule has 15 nitrogen and oxygen atoms in total. The van der Waals surface area contributed by atoms with Crippen LogP contribution in [0.3, 0.4) is 0 Å². The van der Waals surface area contributed by atoms with E-state index in [2.05, 4.69) is 9.22 Å². The monoisotopic (exact) mass is 686 g/mol. The maximum atomic E-state index is 13.3. The van der Waals surface area contributed by atoms with Gasteiger partial charge in [0, 0.05) is 11.1 Å². The zero-order chi connectivity index (χ0) is 29.1. The van der Waals surface area contributed by atoms with E-state index in [1.165, 1.54) is 18.2 Å². The molecule has 0 bridgehead atoms. The first-order chi connectivity index (χ1) is 17.9. The number of hydrogen-bond acceptors (Lipinski definition) is 15. The van der Waals surface area contributed by atoms with Crippen molar-refractivity contribution >= 4 is 52.0 Å². The molecule has 0 amide bonds. The fourth-order valence-electron chi connectivity index (χ4n) is 3.77. The van der Waals surface area contributed by atoms with Gasteiger partial charge in [-0.15, -0.1) is 0 Å². The molecular weight excluding hydrogens is 677 g/mol. The summed E-state index contributed by atoms with van der Waals surface area (Å²) in [5.74, 6) is -3.75. The van der Waals surface area contributed by atoms with Crippen molar-refractivity contribution in [3.05, 3.63) is 76.9 Å². The van der Waals surface area contributed by atoms with Crippen molar-refractivity contribution in [1.29, 1.82) is 0 Å². The molecule has 0 radical (unpaired) electrons. The number of carbonyl (C=O) groups is 2. The summed E-state index contributed by atoms with van der Waals surface area (Å²) < 4.78 is 141. The van der Waals surface area contributed by atoms with Crippen LogP contribution in [0.5, 0.6) is 5.75 Å². The standard InChI is InChI=1S/C20H12O15S4.3Na/c21-15-11-8-4-5-9-12(11)16(22)14-13(15)17(36(23,24)25)19(38(29,30)31)20(18(14)37(26,27)28)39(32,33)35-34-10-6-2-1-3-7-10;;;/h1-9H,(H,23,24,25)(H,26,27,28)(H,29,30,31);;;/q;3*+1/p-3. The van der Waals surface area contributed by atoms with E-state index in [-0.39, 0.29) is 88.7 Å². The predicted octanol–water partition coefficient (Wildman–Crippen LogP) is -9.11. The summed E-state index contributed by atoms with van der Waals surface area (Å²) in [5.41, 5.74) is -4.91. The first-order valence-electron chi connectivity index (χ1n) is 9.83. The minimum atomic E-state index is -6.56. The Hall–Kier alpha value is -0.560. The van der Waals surface area contributed by atoms with Gasteiger partial charge in [0.2, 0.25) is 0 Å². The van der Waals surface area contributed by atoms with E-state index < -0.39 is 99.6 Å². The van der Waals surface area contributed by atoms with E-state index in [1.807, 2.05) is 0 Å². The van der Waals surface area contributed by atoms with Crippen molar-refractivity contribution in [1.82, 2.24) is 0 Å². The Balaban J connectivity index is 0.00000294. The molecule has 0 fully saturated rings. The van der Waals surface area contributed by atoms with Gasteiger partial charge in [0.25, 0.3) is 0 Å². The van der Waals surface area contributed by atoms with Crippen molar-refractivity contribution < 1.29 is 155 Å². The van der Waals surface area contributed by atoms with Gasteiger partial charge in [-0.05, 0) is 12.1 Å². The third-order valence-electron chi connectivity index (χ3n) is 5.16. The number of hydrogen-bond donors (Lipinski definition) is 0. The second-order valence-electron chi connectivity index (χ2n) is 7.55. The van der Waals surface area contributed by atoms with Gasteiger partial charge in [-0.2, -0.15) is 8.42 Å². The van der Waals surface area contributed by atoms with E-state index >= 15 is 0 Å². The van der Waals surface area contributed by atoms with Crippen LogP contribution in [0.25, 0.3) is 0 Å². The van der Waals surface area contributed by atoms with Crippen LogP contribution in [-0.4, -0.2) is 58.9 Å². The summed E-state index contributed by atoms with van der Waals surface area (Å²) in [5, 5.41) is 0. The molecule has 0 N–H and O–H groups in total. The van der Waals surface area contributed by atoms with Crippen molar-refractivity contribution in [2.45, 2.75) is 19.6 Å². The quantitative estimate of drug-likeness (QED) is 0.0757. The molecule has 4 rings (SSSR count). The number of rotatable bonds is 7. The maximum Gasteiger partial charge on any atom is 1.00 e. The molecule has 0 spiro atoms. The van der Waals surface area contributed by atoms with Crippen LogP contribution in [0.4, 0.5) is 0 Å². The Morgan fingerprint density at radius 1 is 0.500 bits per heavy atom. The van der Waals surface area contributed by atoms with Gasteiger partial charge in [-0.25, -0.2) is 25.3 Å². The molecule has 3 aromatic carbocycles. The van der Waals surface area contributed by atoms with Crippen molar-refractivity contribution in [3.8, 4) is 5.75 Å². The molecule has 0 saturated heterocycles. The largest absolute Gasteiger partial charge is 1.00 e. The molecule has 42 heavy (non-hydrogen) atoms. The van der Waals surface area contributed by atoms with E-state index in [0.29, 0.717) is 0 Å². The summed E-state index contributed by atoms with van der Waals surface area (Å²) in [6.07, 6.45) is 0.